The molecule has 0 saturated heterocycles. The summed E-state index contributed by atoms with van der Waals surface area (Å²) in [7, 11) is 0. The van der Waals surface area contributed by atoms with Crippen LogP contribution in [0.4, 0.5) is 0 Å². The SMILES string of the molecule is C=CCC(N)C(=O)NCc1cc(C)c(C)s1. The molecule has 1 aromatic heterocycles. The Kier molecular flexibility index (Phi) is 4.71. The van der Waals surface area contributed by atoms with Gasteiger partial charge < -0.3 is 11.1 Å². The van der Waals surface area contributed by atoms with E-state index in [0.29, 0.717) is 13.0 Å². The normalized spacial score (nSPS) is 12.2. The molecule has 0 aliphatic carbocycles. The van der Waals surface area contributed by atoms with Crippen molar-refractivity contribution in [3.63, 3.8) is 0 Å². The van der Waals surface area contributed by atoms with Crippen molar-refractivity contribution in [2.24, 2.45) is 5.73 Å². The van der Waals surface area contributed by atoms with Gasteiger partial charge in [0, 0.05) is 9.75 Å². The Morgan fingerprint density at radius 3 is 2.88 bits per heavy atom. The molecule has 1 aromatic rings. The van der Waals surface area contributed by atoms with E-state index in [-0.39, 0.29) is 5.91 Å². The lowest BCUT2D eigenvalue weighted by atomic mass is 10.2. The van der Waals surface area contributed by atoms with Gasteiger partial charge in [-0.05, 0) is 31.9 Å². The molecule has 3 nitrogen and oxygen atoms in total. The van der Waals surface area contributed by atoms with Gasteiger partial charge in [0.05, 0.1) is 12.6 Å². The van der Waals surface area contributed by atoms with Crippen molar-refractivity contribution in [3.8, 4) is 0 Å². The molecule has 3 N–H and O–H groups in total. The van der Waals surface area contributed by atoms with E-state index < -0.39 is 6.04 Å². The molecule has 1 unspecified atom stereocenters. The number of aryl methyl sites for hydroxylation is 2. The van der Waals surface area contributed by atoms with E-state index in [0.717, 1.165) is 4.88 Å². The summed E-state index contributed by atoms with van der Waals surface area (Å²) in [6, 6.07) is 1.61. The molecule has 1 amide bonds. The van der Waals surface area contributed by atoms with E-state index in [1.807, 2.05) is 0 Å². The predicted molar refractivity (Wildman–Crippen MR) is 68.4 cm³/mol. The molecule has 1 rings (SSSR count). The lowest BCUT2D eigenvalue weighted by Crippen LogP contribution is -2.39. The summed E-state index contributed by atoms with van der Waals surface area (Å²) in [5, 5.41) is 2.82. The molecule has 0 aromatic carbocycles. The maximum absolute atomic E-state index is 11.5. The molecule has 1 heterocycles. The standard InChI is InChI=1S/C12H18N2OS/c1-4-5-11(13)12(15)14-7-10-6-8(2)9(3)16-10/h4,6,11H,1,5,7,13H2,2-3H3,(H,14,15). The van der Waals surface area contributed by atoms with Crippen LogP contribution in [0.2, 0.25) is 0 Å². The fourth-order valence-corrected chi connectivity index (χ4v) is 2.32. The van der Waals surface area contributed by atoms with E-state index in [1.54, 1.807) is 17.4 Å². The molecule has 0 aliphatic heterocycles. The Morgan fingerprint density at radius 2 is 2.38 bits per heavy atom. The number of thiophene rings is 1. The fourth-order valence-electron chi connectivity index (χ4n) is 1.33. The second kappa shape index (κ2) is 5.82. The highest BCUT2D eigenvalue weighted by atomic mass is 32.1. The highest BCUT2D eigenvalue weighted by Gasteiger charge is 2.11. The van der Waals surface area contributed by atoms with Crippen LogP contribution >= 0.6 is 11.3 Å². The van der Waals surface area contributed by atoms with Crippen LogP contribution in [-0.4, -0.2) is 11.9 Å². The van der Waals surface area contributed by atoms with Gasteiger partial charge >= 0.3 is 0 Å². The Bertz CT molecular complexity index is 365. The van der Waals surface area contributed by atoms with Crippen molar-refractivity contribution >= 4 is 17.2 Å². The zero-order valence-corrected chi connectivity index (χ0v) is 10.6. The van der Waals surface area contributed by atoms with Gasteiger partial charge in [0.15, 0.2) is 0 Å². The fraction of sp³-hybridized carbons (Fsp3) is 0.417. The highest BCUT2D eigenvalue weighted by Crippen LogP contribution is 2.20. The van der Waals surface area contributed by atoms with Crippen LogP contribution in [0.1, 0.15) is 21.7 Å². The van der Waals surface area contributed by atoms with Gasteiger partial charge in [-0.1, -0.05) is 6.08 Å². The first-order valence-corrected chi connectivity index (χ1v) is 6.06. The van der Waals surface area contributed by atoms with E-state index in [9.17, 15) is 4.79 Å². The smallest absolute Gasteiger partial charge is 0.237 e. The number of hydrogen-bond donors (Lipinski definition) is 2. The van der Waals surface area contributed by atoms with E-state index in [4.69, 9.17) is 5.73 Å². The van der Waals surface area contributed by atoms with Gasteiger partial charge in [-0.3, -0.25) is 4.79 Å². The van der Waals surface area contributed by atoms with Crippen molar-refractivity contribution in [2.45, 2.75) is 32.9 Å². The molecular formula is C12H18N2OS. The van der Waals surface area contributed by atoms with Crippen LogP contribution in [0.15, 0.2) is 18.7 Å². The number of hydrogen-bond acceptors (Lipinski definition) is 3. The largest absolute Gasteiger partial charge is 0.350 e. The van der Waals surface area contributed by atoms with Gasteiger partial charge in [-0.2, -0.15) is 0 Å². The lowest BCUT2D eigenvalue weighted by Gasteiger charge is -2.08. The van der Waals surface area contributed by atoms with E-state index in [2.05, 4.69) is 31.8 Å². The van der Waals surface area contributed by atoms with Gasteiger partial charge in [0.1, 0.15) is 0 Å². The summed E-state index contributed by atoms with van der Waals surface area (Å²) in [5.74, 6) is -0.122. The third kappa shape index (κ3) is 3.47. The van der Waals surface area contributed by atoms with E-state index >= 15 is 0 Å². The summed E-state index contributed by atoms with van der Waals surface area (Å²) >= 11 is 1.71. The van der Waals surface area contributed by atoms with Gasteiger partial charge in [0.25, 0.3) is 0 Å². The topological polar surface area (TPSA) is 55.1 Å². The van der Waals surface area contributed by atoms with Crippen LogP contribution in [0.5, 0.6) is 0 Å². The Balaban J connectivity index is 2.45. The zero-order valence-electron chi connectivity index (χ0n) is 9.75. The molecule has 0 fully saturated rings. The first kappa shape index (κ1) is 12.9. The predicted octanol–water partition coefficient (Wildman–Crippen LogP) is 1.88. The van der Waals surface area contributed by atoms with Crippen LogP contribution < -0.4 is 11.1 Å². The zero-order chi connectivity index (χ0) is 12.1. The summed E-state index contributed by atoms with van der Waals surface area (Å²) in [4.78, 5) is 14.0. The summed E-state index contributed by atoms with van der Waals surface area (Å²) < 4.78 is 0. The van der Waals surface area contributed by atoms with Crippen LogP contribution in [0.25, 0.3) is 0 Å². The molecule has 88 valence electrons. The maximum atomic E-state index is 11.5. The Labute approximate surface area is 100 Å². The molecular weight excluding hydrogens is 220 g/mol. The third-order valence-electron chi connectivity index (χ3n) is 2.41. The average Bonchev–Trinajstić information content (AvgIpc) is 2.55. The minimum absolute atomic E-state index is 0.122. The average molecular weight is 238 g/mol. The van der Waals surface area contributed by atoms with E-state index in [1.165, 1.54) is 10.4 Å². The van der Waals surface area contributed by atoms with Crippen molar-refractivity contribution in [2.75, 3.05) is 0 Å². The molecule has 0 aliphatic rings. The number of nitrogens with two attached hydrogens (primary N) is 1. The van der Waals surface area contributed by atoms with Crippen LogP contribution in [0.3, 0.4) is 0 Å². The highest BCUT2D eigenvalue weighted by molar-refractivity contribution is 7.12. The van der Waals surface area contributed by atoms with Gasteiger partial charge in [0.2, 0.25) is 5.91 Å². The first-order chi connectivity index (χ1) is 7.54. The van der Waals surface area contributed by atoms with Crippen LogP contribution in [0, 0.1) is 13.8 Å². The van der Waals surface area contributed by atoms with Crippen molar-refractivity contribution < 1.29 is 4.79 Å². The molecule has 0 radical (unpaired) electrons. The minimum Gasteiger partial charge on any atom is -0.350 e. The second-order valence-corrected chi connectivity index (χ2v) is 5.14. The maximum Gasteiger partial charge on any atom is 0.237 e. The number of amides is 1. The number of rotatable bonds is 5. The number of carbonyl (C=O) groups is 1. The summed E-state index contributed by atoms with van der Waals surface area (Å²) in [6.07, 6.45) is 2.16. The Hall–Kier alpha value is -1.13. The molecule has 0 bridgehead atoms. The van der Waals surface area contributed by atoms with Crippen molar-refractivity contribution in [1.29, 1.82) is 0 Å². The monoisotopic (exact) mass is 238 g/mol. The molecule has 4 heteroatoms. The molecule has 16 heavy (non-hydrogen) atoms. The Morgan fingerprint density at radius 1 is 1.69 bits per heavy atom. The third-order valence-corrected chi connectivity index (χ3v) is 3.56. The summed E-state index contributed by atoms with van der Waals surface area (Å²) in [6.45, 7) is 8.27. The quantitative estimate of drug-likeness (QED) is 0.770. The second-order valence-electron chi connectivity index (χ2n) is 3.80. The first-order valence-electron chi connectivity index (χ1n) is 5.24. The number of carbonyl (C=O) groups excluding carboxylic acids is 1. The molecule has 0 saturated carbocycles. The number of nitrogens with one attached hydrogen (secondary N) is 1. The minimum atomic E-state index is -0.486. The van der Waals surface area contributed by atoms with Crippen molar-refractivity contribution in [1.82, 2.24) is 5.32 Å². The van der Waals surface area contributed by atoms with Crippen LogP contribution in [-0.2, 0) is 11.3 Å². The molecule has 1 atom stereocenters. The van der Waals surface area contributed by atoms with Crippen molar-refractivity contribution in [3.05, 3.63) is 34.0 Å². The molecule has 0 spiro atoms. The van der Waals surface area contributed by atoms with Gasteiger partial charge in [-0.25, -0.2) is 0 Å². The van der Waals surface area contributed by atoms with Gasteiger partial charge in [-0.15, -0.1) is 17.9 Å². The lowest BCUT2D eigenvalue weighted by molar-refractivity contribution is -0.122. The summed E-state index contributed by atoms with van der Waals surface area (Å²) in [5.41, 5.74) is 6.92.